The molecule has 0 spiro atoms. The molecular weight excluding hydrogens is 482 g/mol. The summed E-state index contributed by atoms with van der Waals surface area (Å²) in [6.07, 6.45) is 7.03. The van der Waals surface area contributed by atoms with Crippen molar-refractivity contribution in [2.75, 3.05) is 5.32 Å². The quantitative estimate of drug-likeness (QED) is 0.270. The Morgan fingerprint density at radius 2 is 1.94 bits per heavy atom. The van der Waals surface area contributed by atoms with Crippen LogP contribution in [0.5, 0.6) is 0 Å². The standard InChI is InChI=1S/C26H22ClN5O4/c27-19-6-10-23(31-15-28-14-29-31)21(12-19)18-5-9-24(32(36)13-18)22(11-16-1-2-16)25(33)30-20-7-3-17(4-8-20)26(34)35/h3-10,12-16,22H,1-2,11H2,(H,30,33)(H,34,35). The third-order valence-electron chi connectivity index (χ3n) is 6.22. The zero-order valence-electron chi connectivity index (χ0n) is 19.0. The van der Waals surface area contributed by atoms with E-state index in [1.165, 1.54) is 36.8 Å². The molecule has 1 amide bonds. The highest BCUT2D eigenvalue weighted by Crippen LogP contribution is 2.39. The Bertz CT molecular complexity index is 1420. The molecule has 0 aliphatic heterocycles. The van der Waals surface area contributed by atoms with Crippen LogP contribution in [0.25, 0.3) is 16.8 Å². The zero-order valence-corrected chi connectivity index (χ0v) is 19.8. The molecule has 1 aliphatic carbocycles. The molecule has 2 aromatic heterocycles. The van der Waals surface area contributed by atoms with Gasteiger partial charge in [-0.25, -0.2) is 14.5 Å². The topological polar surface area (TPSA) is 124 Å². The number of rotatable bonds is 8. The number of carbonyl (C=O) groups excluding carboxylic acids is 1. The van der Waals surface area contributed by atoms with Crippen LogP contribution in [0.15, 0.2) is 73.4 Å². The van der Waals surface area contributed by atoms with E-state index in [9.17, 15) is 14.8 Å². The average Bonchev–Trinajstić information content (AvgIpc) is 3.52. The van der Waals surface area contributed by atoms with E-state index in [1.807, 2.05) is 0 Å². The monoisotopic (exact) mass is 503 g/mol. The lowest BCUT2D eigenvalue weighted by atomic mass is 9.95. The summed E-state index contributed by atoms with van der Waals surface area (Å²) in [5.74, 6) is -1.62. The van der Waals surface area contributed by atoms with Gasteiger partial charge in [0.15, 0.2) is 6.20 Å². The molecule has 36 heavy (non-hydrogen) atoms. The molecule has 0 radical (unpaired) electrons. The third-order valence-corrected chi connectivity index (χ3v) is 6.45. The predicted octanol–water partition coefficient (Wildman–Crippen LogP) is 4.44. The van der Waals surface area contributed by atoms with E-state index in [0.717, 1.165) is 17.6 Å². The number of amides is 1. The van der Waals surface area contributed by atoms with E-state index in [1.54, 1.807) is 41.3 Å². The van der Waals surface area contributed by atoms with E-state index in [0.29, 0.717) is 45.6 Å². The minimum Gasteiger partial charge on any atom is -0.618 e. The van der Waals surface area contributed by atoms with E-state index in [-0.39, 0.29) is 11.5 Å². The highest BCUT2D eigenvalue weighted by Gasteiger charge is 2.35. The number of hydrogen-bond donors (Lipinski definition) is 2. The summed E-state index contributed by atoms with van der Waals surface area (Å²) in [6.45, 7) is 0. The summed E-state index contributed by atoms with van der Waals surface area (Å²) < 4.78 is 2.33. The number of carboxylic acid groups (broad SMARTS) is 1. The smallest absolute Gasteiger partial charge is 0.335 e. The maximum Gasteiger partial charge on any atom is 0.335 e. The fourth-order valence-corrected chi connectivity index (χ4v) is 4.34. The maximum atomic E-state index is 13.2. The Morgan fingerprint density at radius 3 is 2.58 bits per heavy atom. The first-order valence-corrected chi connectivity index (χ1v) is 11.8. The molecular formula is C26H22ClN5O4. The molecule has 5 rings (SSSR count). The van der Waals surface area contributed by atoms with Gasteiger partial charge in [0.1, 0.15) is 18.6 Å². The predicted molar refractivity (Wildman–Crippen MR) is 133 cm³/mol. The lowest BCUT2D eigenvalue weighted by Gasteiger charge is -2.17. The largest absolute Gasteiger partial charge is 0.618 e. The molecule has 0 bridgehead atoms. The fraction of sp³-hybridized carbons (Fsp3) is 0.192. The number of pyridine rings is 1. The van der Waals surface area contributed by atoms with Gasteiger partial charge in [-0.1, -0.05) is 24.4 Å². The van der Waals surface area contributed by atoms with Gasteiger partial charge < -0.3 is 15.6 Å². The van der Waals surface area contributed by atoms with Gasteiger partial charge in [-0.15, -0.1) is 0 Å². The molecule has 9 nitrogen and oxygen atoms in total. The number of carbonyl (C=O) groups is 2. The second kappa shape index (κ2) is 9.79. The van der Waals surface area contributed by atoms with E-state index < -0.39 is 11.9 Å². The summed E-state index contributed by atoms with van der Waals surface area (Å²) in [7, 11) is 0. The van der Waals surface area contributed by atoms with Crippen LogP contribution < -0.4 is 10.0 Å². The molecule has 0 saturated heterocycles. The Kier molecular flexibility index (Phi) is 6.39. The van der Waals surface area contributed by atoms with Crippen LogP contribution in [0.4, 0.5) is 5.69 Å². The molecule has 2 aromatic carbocycles. The van der Waals surface area contributed by atoms with Crippen molar-refractivity contribution >= 4 is 29.2 Å². The zero-order chi connectivity index (χ0) is 25.2. The van der Waals surface area contributed by atoms with E-state index in [4.69, 9.17) is 16.7 Å². The number of aromatic carboxylic acids is 1. The summed E-state index contributed by atoms with van der Waals surface area (Å²) in [5, 5.41) is 29.8. The summed E-state index contributed by atoms with van der Waals surface area (Å²) in [6, 6.07) is 14.7. The lowest BCUT2D eigenvalue weighted by molar-refractivity contribution is -0.614. The number of anilines is 1. The van der Waals surface area contributed by atoms with E-state index >= 15 is 0 Å². The normalized spacial score (nSPS) is 13.8. The molecule has 4 aromatic rings. The number of halogens is 1. The number of nitrogens with one attached hydrogen (secondary N) is 1. The molecule has 1 aliphatic rings. The van der Waals surface area contributed by atoms with Gasteiger partial charge in [0.05, 0.1) is 11.3 Å². The second-order valence-electron chi connectivity index (χ2n) is 8.77. The van der Waals surface area contributed by atoms with Crippen molar-refractivity contribution in [2.45, 2.75) is 25.2 Å². The van der Waals surface area contributed by atoms with Crippen LogP contribution in [0, 0.1) is 11.1 Å². The number of hydrogen-bond acceptors (Lipinski definition) is 5. The van der Waals surface area contributed by atoms with Gasteiger partial charge in [0.25, 0.3) is 0 Å². The van der Waals surface area contributed by atoms with E-state index in [2.05, 4.69) is 15.4 Å². The molecule has 2 N–H and O–H groups in total. The van der Waals surface area contributed by atoms with Crippen molar-refractivity contribution < 1.29 is 19.4 Å². The van der Waals surface area contributed by atoms with Gasteiger partial charge in [-0.05, 0) is 60.9 Å². The SMILES string of the molecule is O=C(O)c1ccc(NC(=O)C(CC2CC2)c2ccc(-c3cc(Cl)ccc3-n3cncn3)c[n+]2[O-])cc1. The molecule has 10 heteroatoms. The molecule has 1 unspecified atom stereocenters. The van der Waals surface area contributed by atoms with Crippen molar-refractivity contribution in [1.29, 1.82) is 0 Å². The Balaban J connectivity index is 1.45. The Labute approximate surface area is 211 Å². The molecule has 1 saturated carbocycles. The number of aromatic nitrogens is 4. The summed E-state index contributed by atoms with van der Waals surface area (Å²) in [4.78, 5) is 28.3. The highest BCUT2D eigenvalue weighted by molar-refractivity contribution is 6.31. The van der Waals surface area contributed by atoms with Crippen LogP contribution in [-0.4, -0.2) is 31.7 Å². The van der Waals surface area contributed by atoms with Crippen molar-refractivity contribution in [2.24, 2.45) is 5.92 Å². The highest BCUT2D eigenvalue weighted by atomic mass is 35.5. The van der Waals surface area contributed by atoms with Crippen LogP contribution in [-0.2, 0) is 4.79 Å². The molecule has 1 fully saturated rings. The number of benzene rings is 2. The average molecular weight is 504 g/mol. The number of carboxylic acids is 1. The van der Waals surface area contributed by atoms with Gasteiger partial charge in [0, 0.05) is 27.9 Å². The third kappa shape index (κ3) is 5.06. The first-order valence-electron chi connectivity index (χ1n) is 11.4. The summed E-state index contributed by atoms with van der Waals surface area (Å²) >= 11 is 6.24. The lowest BCUT2D eigenvalue weighted by Crippen LogP contribution is -2.37. The maximum absolute atomic E-state index is 13.2. The van der Waals surface area contributed by atoms with Gasteiger partial charge in [0.2, 0.25) is 11.6 Å². The minimum absolute atomic E-state index is 0.127. The molecule has 2 heterocycles. The second-order valence-corrected chi connectivity index (χ2v) is 9.21. The van der Waals surface area contributed by atoms with Gasteiger partial charge >= 0.3 is 5.97 Å². The first-order chi connectivity index (χ1) is 17.4. The summed E-state index contributed by atoms with van der Waals surface area (Å²) in [5.41, 5.74) is 2.97. The van der Waals surface area contributed by atoms with Crippen molar-refractivity contribution in [3.63, 3.8) is 0 Å². The number of nitrogens with zero attached hydrogens (tertiary/aromatic N) is 4. The van der Waals surface area contributed by atoms with Crippen LogP contribution in [0.2, 0.25) is 5.02 Å². The van der Waals surface area contributed by atoms with Crippen LogP contribution >= 0.6 is 11.6 Å². The van der Waals surface area contributed by atoms with Crippen molar-refractivity contribution in [1.82, 2.24) is 14.8 Å². The Hall–Kier alpha value is -4.24. The molecule has 1 atom stereocenters. The first kappa shape index (κ1) is 23.5. The van der Waals surface area contributed by atoms with Gasteiger partial charge in [-0.2, -0.15) is 9.83 Å². The van der Waals surface area contributed by atoms with Gasteiger partial charge in [-0.3, -0.25) is 4.79 Å². The molecule has 182 valence electrons. The van der Waals surface area contributed by atoms with Crippen molar-refractivity contribution in [3.8, 4) is 16.8 Å². The Morgan fingerprint density at radius 1 is 1.17 bits per heavy atom. The van der Waals surface area contributed by atoms with Crippen molar-refractivity contribution in [3.05, 3.63) is 94.9 Å². The van der Waals surface area contributed by atoms with Crippen LogP contribution in [0.1, 0.15) is 41.2 Å². The fourth-order valence-electron chi connectivity index (χ4n) is 4.17. The minimum atomic E-state index is -1.04. The van der Waals surface area contributed by atoms with Crippen LogP contribution in [0.3, 0.4) is 0 Å².